The van der Waals surface area contributed by atoms with Gasteiger partial charge in [0.1, 0.15) is 12.1 Å². The van der Waals surface area contributed by atoms with Crippen LogP contribution in [0.1, 0.15) is 59.3 Å². The van der Waals surface area contributed by atoms with Crippen LogP contribution in [0, 0.1) is 28.6 Å². The predicted molar refractivity (Wildman–Crippen MR) is 95.1 cm³/mol. The number of ether oxygens (including phenoxy) is 1. The average Bonchev–Trinajstić information content (AvgIpc) is 2.88. The second kappa shape index (κ2) is 6.33. The minimum atomic E-state index is -1.03. The summed E-state index contributed by atoms with van der Waals surface area (Å²) >= 11 is 0. The van der Waals surface area contributed by atoms with Gasteiger partial charge in [-0.05, 0) is 61.7 Å². The Morgan fingerprint density at radius 2 is 2.12 bits per heavy atom. The standard InChI is InChI=1S/C20H31NO4/c1-5-6-7-14-11-20(14)13-9-8-12(10-13)16(20)25-18(24)21-15(17(22)23)19(2,3)4/h5,12-16H,1,6-11H2,2-4H3,(H,21,24)(H,22,23)/t12-,13+,14?,15+,16+,20?/m0/s1. The lowest BCUT2D eigenvalue weighted by Crippen LogP contribution is -2.50. The van der Waals surface area contributed by atoms with Crippen LogP contribution in [0.4, 0.5) is 4.79 Å². The van der Waals surface area contributed by atoms with Gasteiger partial charge in [0.25, 0.3) is 0 Å². The highest BCUT2D eigenvalue weighted by molar-refractivity contribution is 5.80. The lowest BCUT2D eigenvalue weighted by Gasteiger charge is -2.34. The number of carbonyl (C=O) groups is 2. The summed E-state index contributed by atoms with van der Waals surface area (Å²) in [6.45, 7) is 9.22. The number of carbonyl (C=O) groups excluding carboxylic acids is 1. The lowest BCUT2D eigenvalue weighted by molar-refractivity contribution is -0.142. The molecule has 3 aliphatic carbocycles. The van der Waals surface area contributed by atoms with E-state index >= 15 is 0 Å². The smallest absolute Gasteiger partial charge is 0.408 e. The van der Waals surface area contributed by atoms with Crippen molar-refractivity contribution in [2.24, 2.45) is 28.6 Å². The summed E-state index contributed by atoms with van der Waals surface area (Å²) in [6.07, 6.45) is 8.14. The Morgan fingerprint density at radius 1 is 1.40 bits per heavy atom. The van der Waals surface area contributed by atoms with Crippen molar-refractivity contribution in [3.63, 3.8) is 0 Å². The maximum Gasteiger partial charge on any atom is 0.408 e. The van der Waals surface area contributed by atoms with Crippen molar-refractivity contribution in [3.05, 3.63) is 12.7 Å². The molecule has 2 N–H and O–H groups in total. The molecular weight excluding hydrogens is 318 g/mol. The van der Waals surface area contributed by atoms with Gasteiger partial charge >= 0.3 is 12.1 Å². The molecular formula is C20H31NO4. The number of allylic oxidation sites excluding steroid dienone is 1. The molecule has 0 aliphatic heterocycles. The Morgan fingerprint density at radius 3 is 2.72 bits per heavy atom. The molecule has 0 aromatic rings. The van der Waals surface area contributed by atoms with Crippen molar-refractivity contribution in [1.29, 1.82) is 0 Å². The Hall–Kier alpha value is -1.52. The van der Waals surface area contributed by atoms with E-state index in [0.29, 0.717) is 17.8 Å². The molecule has 1 spiro atoms. The van der Waals surface area contributed by atoms with E-state index in [-0.39, 0.29) is 11.5 Å². The fourth-order valence-corrected chi connectivity index (χ4v) is 5.48. The predicted octanol–water partition coefficient (Wildman–Crippen LogP) is 3.98. The molecule has 0 aromatic heterocycles. The molecule has 0 saturated heterocycles. The normalized spacial score (nSPS) is 36.9. The van der Waals surface area contributed by atoms with Gasteiger partial charge in [-0.2, -0.15) is 0 Å². The van der Waals surface area contributed by atoms with Gasteiger partial charge in [-0.25, -0.2) is 9.59 Å². The van der Waals surface area contributed by atoms with Crippen LogP contribution in [0.3, 0.4) is 0 Å². The minimum absolute atomic E-state index is 0.0459. The number of aliphatic carboxylic acids is 1. The topological polar surface area (TPSA) is 75.6 Å². The van der Waals surface area contributed by atoms with Crippen LogP contribution in [0.5, 0.6) is 0 Å². The van der Waals surface area contributed by atoms with E-state index in [0.717, 1.165) is 32.1 Å². The summed E-state index contributed by atoms with van der Waals surface area (Å²) < 4.78 is 5.87. The fraction of sp³-hybridized carbons (Fsp3) is 0.800. The quantitative estimate of drug-likeness (QED) is 0.711. The van der Waals surface area contributed by atoms with E-state index in [2.05, 4.69) is 11.9 Å². The molecule has 1 amide bonds. The Bertz CT molecular complexity index is 567. The van der Waals surface area contributed by atoms with Crippen molar-refractivity contribution in [1.82, 2.24) is 5.32 Å². The van der Waals surface area contributed by atoms with Crippen LogP contribution in [0.15, 0.2) is 12.7 Å². The zero-order valence-electron chi connectivity index (χ0n) is 15.6. The van der Waals surface area contributed by atoms with Gasteiger partial charge in [0.2, 0.25) is 0 Å². The molecule has 6 atom stereocenters. The summed E-state index contributed by atoms with van der Waals surface area (Å²) in [5.74, 6) is 0.712. The Kier molecular flexibility index (Phi) is 4.63. The van der Waals surface area contributed by atoms with E-state index in [1.165, 1.54) is 6.42 Å². The van der Waals surface area contributed by atoms with E-state index < -0.39 is 23.5 Å². The first-order valence-corrected chi connectivity index (χ1v) is 9.51. The summed E-state index contributed by atoms with van der Waals surface area (Å²) in [5, 5.41) is 12.0. The summed E-state index contributed by atoms with van der Waals surface area (Å²) in [5.41, 5.74) is -0.410. The van der Waals surface area contributed by atoms with Gasteiger partial charge in [-0.3, -0.25) is 0 Å². The average molecular weight is 349 g/mol. The molecule has 2 bridgehead atoms. The largest absolute Gasteiger partial charge is 0.480 e. The van der Waals surface area contributed by atoms with Crippen molar-refractivity contribution in [3.8, 4) is 0 Å². The summed E-state index contributed by atoms with van der Waals surface area (Å²) in [7, 11) is 0. The van der Waals surface area contributed by atoms with Gasteiger partial charge in [-0.15, -0.1) is 6.58 Å². The molecule has 3 fully saturated rings. The van der Waals surface area contributed by atoms with Crippen molar-refractivity contribution >= 4 is 12.1 Å². The maximum absolute atomic E-state index is 12.5. The van der Waals surface area contributed by atoms with Gasteiger partial charge < -0.3 is 15.2 Å². The van der Waals surface area contributed by atoms with E-state index in [9.17, 15) is 14.7 Å². The highest BCUT2D eigenvalue weighted by Crippen LogP contribution is 2.73. The van der Waals surface area contributed by atoms with Crippen LogP contribution in [-0.2, 0) is 9.53 Å². The number of amides is 1. The minimum Gasteiger partial charge on any atom is -0.480 e. The van der Waals surface area contributed by atoms with E-state index in [4.69, 9.17) is 4.74 Å². The highest BCUT2D eigenvalue weighted by Gasteiger charge is 2.71. The zero-order valence-corrected chi connectivity index (χ0v) is 15.6. The lowest BCUT2D eigenvalue weighted by atomic mass is 9.80. The molecule has 2 unspecified atom stereocenters. The number of carboxylic acid groups (broad SMARTS) is 1. The molecule has 3 aliphatic rings. The second-order valence-electron chi connectivity index (χ2n) is 9.26. The number of nitrogens with one attached hydrogen (secondary N) is 1. The van der Waals surface area contributed by atoms with Crippen molar-refractivity contribution in [2.45, 2.75) is 71.4 Å². The molecule has 5 nitrogen and oxygen atoms in total. The number of fused-ring (bicyclic) bond motifs is 3. The molecule has 140 valence electrons. The monoisotopic (exact) mass is 349 g/mol. The fourth-order valence-electron chi connectivity index (χ4n) is 5.48. The Balaban J connectivity index is 1.66. The first kappa shape index (κ1) is 18.3. The molecule has 0 aromatic carbocycles. The van der Waals surface area contributed by atoms with Crippen LogP contribution < -0.4 is 5.32 Å². The third-order valence-electron chi connectivity index (χ3n) is 6.72. The van der Waals surface area contributed by atoms with Gasteiger partial charge in [0, 0.05) is 5.41 Å². The first-order valence-electron chi connectivity index (χ1n) is 9.51. The van der Waals surface area contributed by atoms with Crippen LogP contribution in [-0.4, -0.2) is 29.3 Å². The number of hydrogen-bond acceptors (Lipinski definition) is 3. The van der Waals surface area contributed by atoms with Gasteiger partial charge in [0.05, 0.1) is 0 Å². The third-order valence-corrected chi connectivity index (χ3v) is 6.72. The van der Waals surface area contributed by atoms with E-state index in [1.807, 2.05) is 6.08 Å². The van der Waals surface area contributed by atoms with Crippen LogP contribution in [0.2, 0.25) is 0 Å². The second-order valence-corrected chi connectivity index (χ2v) is 9.26. The summed E-state index contributed by atoms with van der Waals surface area (Å²) in [4.78, 5) is 23.9. The molecule has 3 saturated carbocycles. The van der Waals surface area contributed by atoms with Crippen LogP contribution >= 0.6 is 0 Å². The maximum atomic E-state index is 12.5. The highest BCUT2D eigenvalue weighted by atomic mass is 16.6. The van der Waals surface area contributed by atoms with Crippen molar-refractivity contribution < 1.29 is 19.4 Å². The zero-order chi connectivity index (χ0) is 18.4. The Labute approximate surface area is 150 Å². The molecule has 25 heavy (non-hydrogen) atoms. The van der Waals surface area contributed by atoms with Gasteiger partial charge in [0.15, 0.2) is 0 Å². The van der Waals surface area contributed by atoms with E-state index in [1.54, 1.807) is 20.8 Å². The van der Waals surface area contributed by atoms with Crippen molar-refractivity contribution in [2.75, 3.05) is 0 Å². The van der Waals surface area contributed by atoms with Crippen LogP contribution in [0.25, 0.3) is 0 Å². The van der Waals surface area contributed by atoms with Gasteiger partial charge in [-0.1, -0.05) is 26.8 Å². The first-order chi connectivity index (χ1) is 11.7. The SMILES string of the molecule is C=CCCC1CC12[C@@H]1CC[C@@H](C1)[C@H]2OC(=O)N[C@H](C(=O)O)C(C)(C)C. The summed E-state index contributed by atoms with van der Waals surface area (Å²) in [6, 6.07) is -0.953. The number of alkyl carbamates (subject to hydrolysis) is 1. The molecule has 0 heterocycles. The number of carboxylic acids is 1. The third kappa shape index (κ3) is 3.18. The molecule has 5 heteroatoms. The molecule has 3 rings (SSSR count). The molecule has 0 radical (unpaired) electrons. The number of rotatable bonds is 6. The number of hydrogen-bond donors (Lipinski definition) is 2.